The van der Waals surface area contributed by atoms with E-state index in [2.05, 4.69) is 29.9 Å². The first-order chi connectivity index (χ1) is 41.1. The molecule has 0 bridgehead atoms. The quantitative estimate of drug-likeness (QED) is 0.130. The molecule has 10 heterocycles. The van der Waals surface area contributed by atoms with Crippen LogP contribution in [0.3, 0.4) is 0 Å². The fourth-order valence-electron chi connectivity index (χ4n) is 11.5. The Bertz CT molecular complexity index is 5090. The van der Waals surface area contributed by atoms with E-state index in [1.165, 1.54) is 55.2 Å². The van der Waals surface area contributed by atoms with Gasteiger partial charge in [0.1, 0.15) is 29.1 Å². The van der Waals surface area contributed by atoms with Crippen LogP contribution in [-0.4, -0.2) is 98.6 Å². The zero-order chi connectivity index (χ0) is 60.4. The number of carbonyl (C=O) groups is 2. The highest BCUT2D eigenvalue weighted by Crippen LogP contribution is 2.46. The van der Waals surface area contributed by atoms with Gasteiger partial charge in [-0.15, -0.1) is 11.3 Å². The number of hydrogen-bond acceptors (Lipinski definition) is 14. The van der Waals surface area contributed by atoms with Crippen molar-refractivity contribution < 1.29 is 48.6 Å². The van der Waals surface area contributed by atoms with Crippen molar-refractivity contribution >= 4 is 98.3 Å². The third-order valence-electron chi connectivity index (χ3n) is 16.0. The molecule has 4 aromatic carbocycles. The molecule has 0 saturated heterocycles. The first kappa shape index (κ1) is 55.7. The molecule has 0 saturated carbocycles. The lowest BCUT2D eigenvalue weighted by molar-refractivity contribution is 0.0956. The number of thiazole rings is 1. The zero-order valence-electron chi connectivity index (χ0n) is 47.5. The van der Waals surface area contributed by atoms with Gasteiger partial charge in [0, 0.05) is 97.8 Å². The Morgan fingerprint density at radius 3 is 1.53 bits per heavy atom. The topological polar surface area (TPSA) is 234 Å². The maximum Gasteiger partial charge on any atom is 0.255 e. The second-order valence-corrected chi connectivity index (χ2v) is 26.4. The van der Waals surface area contributed by atoms with E-state index in [-0.39, 0.29) is 28.9 Å². The molecular weight excluding hydrogens is 1160 g/mol. The van der Waals surface area contributed by atoms with E-state index >= 15 is 0 Å². The second kappa shape index (κ2) is 20.6. The molecule has 0 atom stereocenters. The average molecular weight is 1220 g/mol. The van der Waals surface area contributed by atoms with Crippen LogP contribution in [0.4, 0.5) is 20.2 Å². The predicted octanol–water partition coefficient (Wildman–Crippen LogP) is 11.5. The van der Waals surface area contributed by atoms with Crippen LogP contribution in [-0.2, 0) is 46.0 Å². The van der Waals surface area contributed by atoms with E-state index in [1.54, 1.807) is 62.6 Å². The van der Waals surface area contributed by atoms with E-state index < -0.39 is 26.0 Å². The molecule has 2 amide bonds. The molecule has 0 unspecified atom stereocenters. The Morgan fingerprint density at radius 2 is 1.10 bits per heavy atom. The minimum atomic E-state index is -3.71. The summed E-state index contributed by atoms with van der Waals surface area (Å²) in [4.78, 5) is 41.5. The van der Waals surface area contributed by atoms with Crippen molar-refractivity contribution in [2.24, 2.45) is 0 Å². The highest BCUT2D eigenvalue weighted by Gasteiger charge is 2.32. The first-order valence-electron chi connectivity index (χ1n) is 27.1. The van der Waals surface area contributed by atoms with Crippen molar-refractivity contribution in [2.45, 2.75) is 39.8 Å². The largest absolute Gasteiger partial charge is 0.454 e. The van der Waals surface area contributed by atoms with Crippen LogP contribution in [0.15, 0.2) is 123 Å². The zero-order valence-corrected chi connectivity index (χ0v) is 49.9. The van der Waals surface area contributed by atoms with Gasteiger partial charge in [0.15, 0.2) is 17.2 Å². The monoisotopic (exact) mass is 1210 g/mol. The van der Waals surface area contributed by atoms with Crippen LogP contribution in [0.1, 0.15) is 42.4 Å². The molecule has 24 heteroatoms. The molecule has 12 aromatic rings. The van der Waals surface area contributed by atoms with Gasteiger partial charge in [0.2, 0.25) is 20.0 Å². The number of amides is 2. The number of anilines is 2. The standard InChI is InChI=1S/C31H26FN5O5S.C31H26FN5O4S2/c1-16-15-41-35-28(16)30-27(31(38)33-2)20-12-19(24(14-26(20)42-30)36(3)43(4,39)40)22-9-8-17-10-11-37-23-7-5-6-21(32)18(23)13-25(37)29(17)34-22;1-16-34-15-27(42-16)30-28(31(38)33-2)20-12-19(24(14-26(20)41-30)36(3)43(4,39)40)22-9-8-17-10-11-37-23-7-5-6-21(32)18(23)13-25(37)29(17)35-22/h2*5-9,12-15H,10-11H2,1-4H3,(H,33,38). The lowest BCUT2D eigenvalue weighted by atomic mass is 9.99. The summed E-state index contributed by atoms with van der Waals surface area (Å²) in [5.41, 5.74) is 11.4. The Labute approximate surface area is 494 Å². The number of fused-ring (bicyclic) bond motifs is 12. The van der Waals surface area contributed by atoms with Crippen LogP contribution in [0.2, 0.25) is 0 Å². The van der Waals surface area contributed by atoms with Gasteiger partial charge in [-0.1, -0.05) is 29.4 Å². The number of halogens is 2. The van der Waals surface area contributed by atoms with Crippen molar-refractivity contribution in [1.82, 2.24) is 39.9 Å². The molecule has 86 heavy (non-hydrogen) atoms. The number of sulfonamides is 2. The molecule has 0 spiro atoms. The Morgan fingerprint density at radius 1 is 0.628 bits per heavy atom. The van der Waals surface area contributed by atoms with Gasteiger partial charge in [0.05, 0.1) is 90.1 Å². The lowest BCUT2D eigenvalue weighted by Gasteiger charge is -2.23. The minimum absolute atomic E-state index is 0.204. The summed E-state index contributed by atoms with van der Waals surface area (Å²) in [7, 11) is -1.42. The molecule has 436 valence electrons. The molecule has 0 aliphatic carbocycles. The molecular formula is C62H52F2N10O9S3. The average Bonchev–Trinajstić information content (AvgIpc) is 1.69. The molecule has 0 radical (unpaired) electrons. The van der Waals surface area contributed by atoms with Crippen molar-refractivity contribution in [3.05, 3.63) is 154 Å². The maximum absolute atomic E-state index is 14.7. The fraction of sp³-hybridized carbons (Fsp3) is 0.194. The van der Waals surface area contributed by atoms with E-state index in [1.807, 2.05) is 49.4 Å². The summed E-state index contributed by atoms with van der Waals surface area (Å²) < 4.78 is 105. The van der Waals surface area contributed by atoms with Crippen LogP contribution >= 0.6 is 11.3 Å². The van der Waals surface area contributed by atoms with E-state index in [0.717, 1.165) is 55.4 Å². The second-order valence-electron chi connectivity index (χ2n) is 21.2. The van der Waals surface area contributed by atoms with Gasteiger partial charge >= 0.3 is 0 Å². The SMILES string of the molecule is CNC(=O)c1c(-c2cnc(C)s2)oc2cc(N(C)S(C)(=O)=O)c(-c3ccc4c(n3)-c3cc5c(F)cccc5n3CC4)cc12.CNC(=O)c1c(-c2nocc2C)oc2cc(N(C)S(C)(=O)=O)c(-c3ccc4c(n3)-c3cc5c(F)cccc5n3CC4)cc12. The Balaban J connectivity index is 0.000000160. The minimum Gasteiger partial charge on any atom is -0.454 e. The molecule has 19 nitrogen and oxygen atoms in total. The number of hydrogen-bond donors (Lipinski definition) is 2. The van der Waals surface area contributed by atoms with Crippen LogP contribution in [0.25, 0.3) is 111 Å². The summed E-state index contributed by atoms with van der Waals surface area (Å²) >= 11 is 1.39. The van der Waals surface area contributed by atoms with Crippen molar-refractivity contribution in [3.63, 3.8) is 0 Å². The molecule has 0 fully saturated rings. The first-order valence-corrected chi connectivity index (χ1v) is 31.6. The number of furan rings is 2. The number of pyridine rings is 2. The van der Waals surface area contributed by atoms with Crippen molar-refractivity contribution in [1.29, 1.82) is 0 Å². The van der Waals surface area contributed by atoms with Gasteiger partial charge in [0.25, 0.3) is 11.8 Å². The van der Waals surface area contributed by atoms with Gasteiger partial charge in [-0.3, -0.25) is 18.2 Å². The highest BCUT2D eigenvalue weighted by molar-refractivity contribution is 7.92. The Kier molecular flexibility index (Phi) is 13.3. The summed E-state index contributed by atoms with van der Waals surface area (Å²) in [6.45, 7) is 5.01. The van der Waals surface area contributed by atoms with Gasteiger partial charge in [-0.05, 0) is 98.5 Å². The third kappa shape index (κ3) is 9.16. The van der Waals surface area contributed by atoms with Gasteiger partial charge < -0.3 is 33.1 Å². The van der Waals surface area contributed by atoms with Crippen LogP contribution in [0, 0.1) is 25.5 Å². The smallest absolute Gasteiger partial charge is 0.255 e. The van der Waals surface area contributed by atoms with Gasteiger partial charge in [-0.2, -0.15) is 0 Å². The highest BCUT2D eigenvalue weighted by atomic mass is 32.2. The Hall–Kier alpha value is -9.52. The van der Waals surface area contributed by atoms with Gasteiger partial charge in [-0.25, -0.2) is 40.6 Å². The molecule has 8 aromatic heterocycles. The number of carbonyl (C=O) groups excluding carboxylic acids is 2. The summed E-state index contributed by atoms with van der Waals surface area (Å²) in [5.74, 6) is -0.797. The number of rotatable bonds is 10. The number of aryl methyl sites for hydroxylation is 6. The van der Waals surface area contributed by atoms with Crippen LogP contribution in [0.5, 0.6) is 0 Å². The van der Waals surface area contributed by atoms with E-state index in [0.29, 0.717) is 131 Å². The number of benzene rings is 4. The van der Waals surface area contributed by atoms with Crippen molar-refractivity contribution in [3.8, 4) is 67.4 Å². The molecule has 2 aliphatic rings. The predicted molar refractivity (Wildman–Crippen MR) is 327 cm³/mol. The molecule has 2 N–H and O–H groups in total. The number of nitrogens with one attached hydrogen (secondary N) is 2. The summed E-state index contributed by atoms with van der Waals surface area (Å²) in [5, 5.41) is 12.2. The van der Waals surface area contributed by atoms with E-state index in [4.69, 9.17) is 23.3 Å². The fourth-order valence-corrected chi connectivity index (χ4v) is 13.3. The van der Waals surface area contributed by atoms with Crippen molar-refractivity contribution in [2.75, 3.05) is 49.3 Å². The molecule has 2 aliphatic heterocycles. The maximum atomic E-state index is 14.7. The van der Waals surface area contributed by atoms with Crippen LogP contribution < -0.4 is 19.2 Å². The lowest BCUT2D eigenvalue weighted by Crippen LogP contribution is -2.25. The number of aromatic nitrogens is 6. The summed E-state index contributed by atoms with van der Waals surface area (Å²) in [6.07, 6.45) is 6.75. The van der Waals surface area contributed by atoms with E-state index in [9.17, 15) is 35.2 Å². The third-order valence-corrected chi connectivity index (χ3v) is 19.3. The molecule has 14 rings (SSSR count). The summed E-state index contributed by atoms with van der Waals surface area (Å²) in [6, 6.07) is 28.0. The number of nitrogens with zero attached hydrogens (tertiary/aromatic N) is 8. The normalized spacial score (nSPS) is 12.9.